The number of carbonyl (C=O) groups excluding carboxylic acids is 2. The standard InChI is InChI=1S/C17H15F2NO3/c18-17(19)23-12-4-2-1-3-11(12)20-15(21)13-9-5-6-10(8-7-9)14(13)16(20)22/h1-6,9-10,13-14,17H,7-8H2/t9-,10-,13-,14+/m1/s1. The van der Waals surface area contributed by atoms with Crippen LogP contribution in [0.5, 0.6) is 5.75 Å². The first-order chi connectivity index (χ1) is 11.1. The highest BCUT2D eigenvalue weighted by Gasteiger charge is 2.57. The molecule has 1 saturated carbocycles. The number of ether oxygens (including phenoxy) is 1. The lowest BCUT2D eigenvalue weighted by Gasteiger charge is -2.38. The zero-order valence-electron chi connectivity index (χ0n) is 12.2. The van der Waals surface area contributed by atoms with Crippen LogP contribution in [0.15, 0.2) is 36.4 Å². The summed E-state index contributed by atoms with van der Waals surface area (Å²) in [6, 6.07) is 5.95. The number of hydrogen-bond donors (Lipinski definition) is 0. The molecule has 1 aromatic rings. The van der Waals surface area contributed by atoms with Crippen LogP contribution in [0.4, 0.5) is 14.5 Å². The molecule has 4 nitrogen and oxygen atoms in total. The highest BCUT2D eigenvalue weighted by Crippen LogP contribution is 2.51. The SMILES string of the molecule is O=C1[C@@H]2[C@H](C(=O)N1c1ccccc1OC(F)F)[C@@H]1C=C[C@@H]2CC1. The van der Waals surface area contributed by atoms with Gasteiger partial charge in [0.15, 0.2) is 0 Å². The van der Waals surface area contributed by atoms with Crippen LogP contribution in [-0.2, 0) is 9.59 Å². The maximum atomic E-state index is 12.8. The normalized spacial score (nSPS) is 31.9. The van der Waals surface area contributed by atoms with Gasteiger partial charge < -0.3 is 4.74 Å². The van der Waals surface area contributed by atoms with Crippen molar-refractivity contribution in [3.8, 4) is 5.75 Å². The third kappa shape index (κ3) is 2.08. The van der Waals surface area contributed by atoms with Crippen molar-refractivity contribution in [3.63, 3.8) is 0 Å². The molecule has 1 aromatic carbocycles. The Bertz CT molecular complexity index is 671. The van der Waals surface area contributed by atoms with Gasteiger partial charge in [-0.25, -0.2) is 4.90 Å². The molecule has 0 unspecified atom stereocenters. The molecule has 0 radical (unpaired) electrons. The molecule has 4 aliphatic rings. The predicted molar refractivity (Wildman–Crippen MR) is 77.9 cm³/mol. The van der Waals surface area contributed by atoms with Crippen LogP contribution in [0.1, 0.15) is 12.8 Å². The Morgan fingerprint density at radius 2 is 1.57 bits per heavy atom. The number of carbonyl (C=O) groups is 2. The van der Waals surface area contributed by atoms with E-state index in [-0.39, 0.29) is 46.9 Å². The maximum Gasteiger partial charge on any atom is 0.387 e. The van der Waals surface area contributed by atoms with Crippen molar-refractivity contribution in [1.82, 2.24) is 0 Å². The van der Waals surface area contributed by atoms with Gasteiger partial charge in [-0.05, 0) is 36.8 Å². The highest BCUT2D eigenvalue weighted by atomic mass is 19.3. The number of imide groups is 1. The van der Waals surface area contributed by atoms with Crippen LogP contribution in [-0.4, -0.2) is 18.4 Å². The molecule has 120 valence electrons. The van der Waals surface area contributed by atoms with E-state index in [4.69, 9.17) is 0 Å². The van der Waals surface area contributed by atoms with Gasteiger partial charge in [-0.1, -0.05) is 24.3 Å². The Morgan fingerprint density at radius 1 is 1.00 bits per heavy atom. The van der Waals surface area contributed by atoms with Gasteiger partial charge in [0.2, 0.25) is 11.8 Å². The summed E-state index contributed by atoms with van der Waals surface area (Å²) >= 11 is 0. The van der Waals surface area contributed by atoms with Crippen molar-refractivity contribution >= 4 is 17.5 Å². The minimum atomic E-state index is -3.01. The predicted octanol–water partition coefficient (Wildman–Crippen LogP) is 2.99. The summed E-state index contributed by atoms with van der Waals surface area (Å²) in [4.78, 5) is 26.7. The molecule has 2 bridgehead atoms. The number of hydrogen-bond acceptors (Lipinski definition) is 3. The Morgan fingerprint density at radius 3 is 2.09 bits per heavy atom. The molecular formula is C17H15F2NO3. The smallest absolute Gasteiger partial charge is 0.387 e. The van der Waals surface area contributed by atoms with Crippen LogP contribution >= 0.6 is 0 Å². The van der Waals surface area contributed by atoms with Crippen molar-refractivity contribution in [3.05, 3.63) is 36.4 Å². The Balaban J connectivity index is 1.74. The van der Waals surface area contributed by atoms with Crippen molar-refractivity contribution < 1.29 is 23.1 Å². The largest absolute Gasteiger partial charge is 0.433 e. The molecule has 1 heterocycles. The van der Waals surface area contributed by atoms with Crippen LogP contribution in [0.3, 0.4) is 0 Å². The summed E-state index contributed by atoms with van der Waals surface area (Å²) in [5, 5.41) is 0. The fraction of sp³-hybridized carbons (Fsp3) is 0.412. The number of alkyl halides is 2. The first-order valence-electron chi connectivity index (χ1n) is 7.68. The molecule has 1 saturated heterocycles. The lowest BCUT2D eigenvalue weighted by Crippen LogP contribution is -2.38. The minimum Gasteiger partial charge on any atom is -0.433 e. The van der Waals surface area contributed by atoms with Crippen LogP contribution in [0, 0.1) is 23.7 Å². The average Bonchev–Trinajstić information content (AvgIpc) is 2.82. The molecule has 4 atom stereocenters. The topological polar surface area (TPSA) is 46.6 Å². The molecule has 5 rings (SSSR count). The third-order valence-electron chi connectivity index (χ3n) is 5.08. The highest BCUT2D eigenvalue weighted by molar-refractivity contribution is 6.23. The third-order valence-corrected chi connectivity index (χ3v) is 5.08. The molecule has 1 aliphatic heterocycles. The average molecular weight is 319 g/mol. The monoisotopic (exact) mass is 319 g/mol. The van der Waals surface area contributed by atoms with E-state index in [1.807, 2.05) is 12.2 Å². The molecule has 2 amide bonds. The van der Waals surface area contributed by atoms with Crippen molar-refractivity contribution in [2.45, 2.75) is 19.5 Å². The number of rotatable bonds is 3. The van der Waals surface area contributed by atoms with Gasteiger partial charge in [0.1, 0.15) is 5.75 Å². The Kier molecular flexibility index (Phi) is 3.21. The number of halogens is 2. The maximum absolute atomic E-state index is 12.8. The van der Waals surface area contributed by atoms with E-state index >= 15 is 0 Å². The van der Waals surface area contributed by atoms with Gasteiger partial charge in [0.25, 0.3) is 0 Å². The summed E-state index contributed by atoms with van der Waals surface area (Å²) in [7, 11) is 0. The van der Waals surface area contributed by atoms with Gasteiger partial charge in [-0.15, -0.1) is 0 Å². The lowest BCUT2D eigenvalue weighted by atomic mass is 9.63. The molecule has 0 spiro atoms. The number of nitrogens with zero attached hydrogens (tertiary/aromatic N) is 1. The van der Waals surface area contributed by atoms with Crippen molar-refractivity contribution in [2.75, 3.05) is 4.90 Å². The van der Waals surface area contributed by atoms with Crippen LogP contribution in [0.25, 0.3) is 0 Å². The van der Waals surface area contributed by atoms with Gasteiger partial charge in [0, 0.05) is 0 Å². The fourth-order valence-electron chi connectivity index (χ4n) is 4.15. The molecular weight excluding hydrogens is 304 g/mol. The van der Waals surface area contributed by atoms with E-state index in [1.165, 1.54) is 18.2 Å². The Hall–Kier alpha value is -2.24. The first-order valence-corrected chi connectivity index (χ1v) is 7.68. The number of para-hydroxylation sites is 2. The van der Waals surface area contributed by atoms with E-state index < -0.39 is 6.61 Å². The number of amides is 2. The van der Waals surface area contributed by atoms with Gasteiger partial charge in [0.05, 0.1) is 17.5 Å². The van der Waals surface area contributed by atoms with Crippen LogP contribution in [0.2, 0.25) is 0 Å². The molecule has 0 aromatic heterocycles. The van der Waals surface area contributed by atoms with E-state index in [0.29, 0.717) is 0 Å². The molecule has 3 aliphatic carbocycles. The number of fused-ring (bicyclic) bond motifs is 1. The Labute approximate surface area is 131 Å². The second kappa shape index (κ2) is 5.15. The summed E-state index contributed by atoms with van der Waals surface area (Å²) < 4.78 is 29.7. The summed E-state index contributed by atoms with van der Waals surface area (Å²) in [6.45, 7) is -3.01. The van der Waals surface area contributed by atoms with Gasteiger partial charge in [-0.2, -0.15) is 8.78 Å². The van der Waals surface area contributed by atoms with Gasteiger partial charge in [-0.3, -0.25) is 9.59 Å². The molecule has 2 fully saturated rings. The second-order valence-corrected chi connectivity index (χ2v) is 6.20. The zero-order valence-corrected chi connectivity index (χ0v) is 12.2. The van der Waals surface area contributed by atoms with E-state index in [0.717, 1.165) is 17.7 Å². The summed E-state index contributed by atoms with van der Waals surface area (Å²) in [5.41, 5.74) is 0.108. The molecule has 6 heteroatoms. The minimum absolute atomic E-state index is 0.0645. The first kappa shape index (κ1) is 14.4. The quantitative estimate of drug-likeness (QED) is 0.635. The summed E-state index contributed by atoms with van der Waals surface area (Å²) in [5.74, 6) is -1.36. The van der Waals surface area contributed by atoms with Crippen LogP contribution < -0.4 is 9.64 Å². The lowest BCUT2D eigenvalue weighted by molar-refractivity contribution is -0.124. The second-order valence-electron chi connectivity index (χ2n) is 6.20. The summed E-state index contributed by atoms with van der Waals surface area (Å²) in [6.07, 6.45) is 5.83. The van der Waals surface area contributed by atoms with Crippen molar-refractivity contribution in [1.29, 1.82) is 0 Å². The van der Waals surface area contributed by atoms with E-state index in [2.05, 4.69) is 4.74 Å². The number of anilines is 1. The van der Waals surface area contributed by atoms with Crippen molar-refractivity contribution in [2.24, 2.45) is 23.7 Å². The van der Waals surface area contributed by atoms with Gasteiger partial charge >= 0.3 is 6.61 Å². The van der Waals surface area contributed by atoms with E-state index in [9.17, 15) is 18.4 Å². The molecule has 0 N–H and O–H groups in total. The number of allylic oxidation sites excluding steroid dienone is 2. The number of benzene rings is 1. The fourth-order valence-corrected chi connectivity index (χ4v) is 4.15. The molecule has 23 heavy (non-hydrogen) atoms. The zero-order chi connectivity index (χ0) is 16.1. The van der Waals surface area contributed by atoms with E-state index in [1.54, 1.807) is 6.07 Å².